The fourth-order valence-corrected chi connectivity index (χ4v) is 8.06. The molecule has 4 amide bonds. The first kappa shape index (κ1) is 43.4. The summed E-state index contributed by atoms with van der Waals surface area (Å²) in [6, 6.07) is 16.6. The second-order valence-corrected chi connectivity index (χ2v) is 15.1. The number of carbonyl (C=O) groups is 4. The minimum absolute atomic E-state index is 0. The van der Waals surface area contributed by atoms with Gasteiger partial charge < -0.3 is 24.5 Å². The van der Waals surface area contributed by atoms with E-state index in [1.54, 1.807) is 5.48 Å². The zero-order valence-electron chi connectivity index (χ0n) is 32.5. The van der Waals surface area contributed by atoms with E-state index in [1.807, 2.05) is 12.1 Å². The van der Waals surface area contributed by atoms with Gasteiger partial charge in [-0.15, -0.1) is 0 Å². The van der Waals surface area contributed by atoms with Crippen LogP contribution in [0.1, 0.15) is 136 Å². The SMILES string of the molecule is C.O=C(CCCCCCNC(=O)c1cc2cccc3c2n1CCC3)NO.O=C(CCCCCCNC(=O)c1cc2cccc3c2n1CCC3)NOC1CCCCO1. The number of amides is 4. The van der Waals surface area contributed by atoms with Crippen LogP contribution >= 0.6 is 0 Å². The lowest BCUT2D eigenvalue weighted by Crippen LogP contribution is -2.32. The van der Waals surface area contributed by atoms with Crippen molar-refractivity contribution in [1.29, 1.82) is 0 Å². The molecule has 3 aliphatic heterocycles. The number of hydrogen-bond donors (Lipinski definition) is 5. The molecule has 1 atom stereocenters. The molecular weight excluding hydrogens is 725 g/mol. The molecule has 7 rings (SSSR count). The van der Waals surface area contributed by atoms with Gasteiger partial charge in [-0.3, -0.25) is 24.4 Å². The number of benzene rings is 2. The number of aryl methyl sites for hydroxylation is 4. The van der Waals surface area contributed by atoms with E-state index in [4.69, 9.17) is 14.8 Å². The summed E-state index contributed by atoms with van der Waals surface area (Å²) in [5, 5.41) is 16.8. The van der Waals surface area contributed by atoms with E-state index in [9.17, 15) is 19.2 Å². The lowest BCUT2D eigenvalue weighted by molar-refractivity contribution is -0.200. The van der Waals surface area contributed by atoms with E-state index < -0.39 is 0 Å². The van der Waals surface area contributed by atoms with Crippen molar-refractivity contribution in [3.05, 3.63) is 71.0 Å². The van der Waals surface area contributed by atoms with Gasteiger partial charge in [0.25, 0.3) is 11.8 Å². The molecule has 1 saturated heterocycles. The molecule has 57 heavy (non-hydrogen) atoms. The molecule has 13 nitrogen and oxygen atoms in total. The lowest BCUT2D eigenvalue weighted by atomic mass is 10.0. The van der Waals surface area contributed by atoms with Gasteiger partial charge in [-0.2, -0.15) is 0 Å². The fraction of sp³-hybridized carbons (Fsp3) is 0.545. The highest BCUT2D eigenvalue weighted by Crippen LogP contribution is 2.30. The first-order chi connectivity index (χ1) is 27.4. The molecule has 310 valence electrons. The van der Waals surface area contributed by atoms with Crippen molar-refractivity contribution in [3.8, 4) is 0 Å². The Kier molecular flexibility index (Phi) is 17.0. The normalized spacial score (nSPS) is 15.6. The Balaban J connectivity index is 0.000000219. The number of nitrogens with zero attached hydrogens (tertiary/aromatic N) is 2. The monoisotopic (exact) mass is 786 g/mol. The van der Waals surface area contributed by atoms with Crippen LogP contribution in [-0.2, 0) is 45.1 Å². The Morgan fingerprint density at radius 1 is 0.684 bits per heavy atom. The average Bonchev–Trinajstić information content (AvgIpc) is 3.81. The van der Waals surface area contributed by atoms with Gasteiger partial charge in [-0.25, -0.2) is 15.8 Å². The maximum absolute atomic E-state index is 12.7. The maximum atomic E-state index is 12.7. The van der Waals surface area contributed by atoms with Crippen molar-refractivity contribution in [2.75, 3.05) is 19.7 Å². The third-order valence-corrected chi connectivity index (χ3v) is 10.9. The van der Waals surface area contributed by atoms with Gasteiger partial charge in [0, 0.05) is 62.8 Å². The van der Waals surface area contributed by atoms with Crippen molar-refractivity contribution in [1.82, 2.24) is 30.7 Å². The van der Waals surface area contributed by atoms with Gasteiger partial charge in [-0.1, -0.05) is 69.5 Å². The molecule has 2 aromatic carbocycles. The van der Waals surface area contributed by atoms with Gasteiger partial charge in [0.1, 0.15) is 11.4 Å². The molecular formula is C44H62N6O7. The van der Waals surface area contributed by atoms with Crippen LogP contribution in [0.5, 0.6) is 0 Å². The zero-order chi connectivity index (χ0) is 39.1. The molecule has 1 unspecified atom stereocenters. The lowest BCUT2D eigenvalue weighted by Gasteiger charge is -2.22. The maximum Gasteiger partial charge on any atom is 0.267 e. The number of aromatic nitrogens is 2. The average molecular weight is 787 g/mol. The van der Waals surface area contributed by atoms with E-state index in [0.717, 1.165) is 132 Å². The van der Waals surface area contributed by atoms with Crippen LogP contribution < -0.4 is 21.6 Å². The van der Waals surface area contributed by atoms with Crippen molar-refractivity contribution in [3.63, 3.8) is 0 Å². The summed E-state index contributed by atoms with van der Waals surface area (Å²) in [5.41, 5.74) is 10.7. The highest BCUT2D eigenvalue weighted by molar-refractivity contribution is 6.00. The molecule has 0 bridgehead atoms. The summed E-state index contributed by atoms with van der Waals surface area (Å²) in [6.07, 6.45) is 14.9. The number of carbonyl (C=O) groups excluding carboxylic acids is 4. The summed E-state index contributed by atoms with van der Waals surface area (Å²) in [6.45, 7) is 3.79. The summed E-state index contributed by atoms with van der Waals surface area (Å²) >= 11 is 0. The summed E-state index contributed by atoms with van der Waals surface area (Å²) < 4.78 is 9.74. The highest BCUT2D eigenvalue weighted by atomic mass is 16.8. The molecule has 1 fully saturated rings. The molecule has 13 heteroatoms. The third-order valence-electron chi connectivity index (χ3n) is 10.9. The van der Waals surface area contributed by atoms with Crippen LogP contribution in [0.3, 0.4) is 0 Å². The second kappa shape index (κ2) is 22.3. The molecule has 0 radical (unpaired) electrons. The van der Waals surface area contributed by atoms with Gasteiger partial charge in [0.15, 0.2) is 6.29 Å². The standard InChI is InChI=1S/C24H33N3O4.C19H25N3O3.CH4/c28-21(26-31-22-13-4-6-16-30-22)12-3-1-2-5-14-25-24(29)20-17-19-10-7-9-18-11-8-15-27(20)23(18)19;23-17(21-25)10-3-1-2-4-11-20-19(24)16-13-15-8-5-7-14-9-6-12-22(16)18(14)15;/h7,9-10,17,22H,1-6,8,11-16H2,(H,25,29)(H,26,28);5,7-8,13,25H,1-4,6,9-12H2,(H,20,24)(H,21,23);1H4. The first-order valence-corrected chi connectivity index (χ1v) is 20.7. The van der Waals surface area contributed by atoms with Crippen molar-refractivity contribution < 1.29 is 34.0 Å². The Bertz CT molecular complexity index is 1950. The van der Waals surface area contributed by atoms with E-state index >= 15 is 0 Å². The Labute approximate surface area is 336 Å². The number of hydroxylamine groups is 2. The fourth-order valence-electron chi connectivity index (χ4n) is 8.06. The zero-order valence-corrected chi connectivity index (χ0v) is 32.5. The Morgan fingerprint density at radius 2 is 1.21 bits per heavy atom. The van der Waals surface area contributed by atoms with Gasteiger partial charge in [0.05, 0.1) is 11.0 Å². The van der Waals surface area contributed by atoms with Gasteiger partial charge >= 0.3 is 0 Å². The Hall–Kier alpha value is -4.72. The molecule has 0 spiro atoms. The third kappa shape index (κ3) is 11.9. The van der Waals surface area contributed by atoms with E-state index in [2.05, 4.69) is 61.6 Å². The number of rotatable bonds is 18. The second-order valence-electron chi connectivity index (χ2n) is 15.1. The highest BCUT2D eigenvalue weighted by Gasteiger charge is 2.22. The van der Waals surface area contributed by atoms with Crippen molar-refractivity contribution >= 4 is 45.4 Å². The molecule has 0 aliphatic carbocycles. The van der Waals surface area contributed by atoms with E-state index in [-0.39, 0.29) is 37.3 Å². The number of unbranched alkanes of at least 4 members (excludes halogenated alkanes) is 6. The molecule has 5 heterocycles. The van der Waals surface area contributed by atoms with Crippen LogP contribution in [0.2, 0.25) is 0 Å². The topological polar surface area (TPSA) is 165 Å². The number of para-hydroxylation sites is 2. The van der Waals surface area contributed by atoms with E-state index in [1.165, 1.54) is 22.2 Å². The van der Waals surface area contributed by atoms with E-state index in [0.29, 0.717) is 32.5 Å². The summed E-state index contributed by atoms with van der Waals surface area (Å²) in [5.74, 6) is -0.452. The van der Waals surface area contributed by atoms with Crippen LogP contribution in [-0.4, -0.2) is 64.0 Å². The number of nitrogens with one attached hydrogen (secondary N) is 4. The predicted molar refractivity (Wildman–Crippen MR) is 221 cm³/mol. The van der Waals surface area contributed by atoms with Gasteiger partial charge in [-0.05, 0) is 87.5 Å². The molecule has 0 saturated carbocycles. The summed E-state index contributed by atoms with van der Waals surface area (Å²) in [7, 11) is 0. The van der Waals surface area contributed by atoms with Crippen LogP contribution in [0, 0.1) is 0 Å². The van der Waals surface area contributed by atoms with Crippen LogP contribution in [0.4, 0.5) is 0 Å². The molecule has 3 aliphatic rings. The molecule has 4 aromatic rings. The first-order valence-electron chi connectivity index (χ1n) is 20.7. The van der Waals surface area contributed by atoms with Crippen LogP contribution in [0.25, 0.3) is 21.8 Å². The van der Waals surface area contributed by atoms with Crippen LogP contribution in [0.15, 0.2) is 48.5 Å². The molecule has 5 N–H and O–H groups in total. The number of ether oxygens (including phenoxy) is 1. The quantitative estimate of drug-likeness (QED) is 0.0403. The number of hydrogen-bond acceptors (Lipinski definition) is 7. The predicted octanol–water partition coefficient (Wildman–Crippen LogP) is 7.25. The Morgan fingerprint density at radius 3 is 1.72 bits per heavy atom. The van der Waals surface area contributed by atoms with Crippen molar-refractivity contribution in [2.45, 2.75) is 136 Å². The molecule has 2 aromatic heterocycles. The minimum Gasteiger partial charge on any atom is -0.351 e. The minimum atomic E-state index is -0.345. The van der Waals surface area contributed by atoms with Gasteiger partial charge in [0.2, 0.25) is 11.8 Å². The van der Waals surface area contributed by atoms with Crippen molar-refractivity contribution in [2.24, 2.45) is 0 Å². The smallest absolute Gasteiger partial charge is 0.267 e. The summed E-state index contributed by atoms with van der Waals surface area (Å²) in [4.78, 5) is 53.2. The largest absolute Gasteiger partial charge is 0.351 e.